The molecule has 1 amide bonds. The van der Waals surface area contributed by atoms with E-state index in [-0.39, 0.29) is 17.9 Å². The van der Waals surface area contributed by atoms with Gasteiger partial charge in [0.1, 0.15) is 0 Å². The van der Waals surface area contributed by atoms with Gasteiger partial charge in [-0.15, -0.1) is 0 Å². The fourth-order valence-electron chi connectivity index (χ4n) is 1.53. The Bertz CT molecular complexity index is 160. The number of carbonyl (C=O) groups is 1. The SMILES string of the molecule is CCC1OCCC1C(=O)NOC. The van der Waals surface area contributed by atoms with Crippen molar-refractivity contribution in [3.63, 3.8) is 0 Å². The summed E-state index contributed by atoms with van der Waals surface area (Å²) in [5.41, 5.74) is 2.33. The van der Waals surface area contributed by atoms with E-state index >= 15 is 0 Å². The van der Waals surface area contributed by atoms with Crippen molar-refractivity contribution in [3.05, 3.63) is 0 Å². The lowest BCUT2D eigenvalue weighted by Crippen LogP contribution is -2.34. The summed E-state index contributed by atoms with van der Waals surface area (Å²) in [6.45, 7) is 2.70. The monoisotopic (exact) mass is 173 g/mol. The van der Waals surface area contributed by atoms with E-state index in [4.69, 9.17) is 4.74 Å². The van der Waals surface area contributed by atoms with Gasteiger partial charge in [0.2, 0.25) is 5.91 Å². The highest BCUT2D eigenvalue weighted by atomic mass is 16.6. The van der Waals surface area contributed by atoms with Crippen LogP contribution in [0.1, 0.15) is 19.8 Å². The predicted octanol–water partition coefficient (Wildman–Crippen LogP) is 0.479. The van der Waals surface area contributed by atoms with Crippen molar-refractivity contribution in [3.8, 4) is 0 Å². The lowest BCUT2D eigenvalue weighted by Gasteiger charge is -2.14. The molecule has 0 radical (unpaired) electrons. The van der Waals surface area contributed by atoms with E-state index in [0.29, 0.717) is 6.61 Å². The normalized spacial score (nSPS) is 28.8. The summed E-state index contributed by atoms with van der Waals surface area (Å²) in [4.78, 5) is 15.9. The third-order valence-electron chi connectivity index (χ3n) is 2.15. The maximum absolute atomic E-state index is 11.3. The highest BCUT2D eigenvalue weighted by molar-refractivity contribution is 5.78. The summed E-state index contributed by atoms with van der Waals surface area (Å²) in [6.07, 6.45) is 1.75. The van der Waals surface area contributed by atoms with Crippen molar-refractivity contribution in [1.29, 1.82) is 0 Å². The minimum absolute atomic E-state index is 0.0325. The van der Waals surface area contributed by atoms with Gasteiger partial charge in [-0.2, -0.15) is 0 Å². The van der Waals surface area contributed by atoms with Crippen molar-refractivity contribution < 1.29 is 14.4 Å². The Kier molecular flexibility index (Phi) is 3.49. The minimum atomic E-state index is -0.0677. The molecular formula is C8H15NO3. The number of nitrogens with one attached hydrogen (secondary N) is 1. The smallest absolute Gasteiger partial charge is 0.249 e. The summed E-state index contributed by atoms with van der Waals surface area (Å²) >= 11 is 0. The van der Waals surface area contributed by atoms with Crippen molar-refractivity contribution in [1.82, 2.24) is 5.48 Å². The summed E-state index contributed by atoms with van der Waals surface area (Å²) in [7, 11) is 1.44. The molecule has 1 fully saturated rings. The third-order valence-corrected chi connectivity index (χ3v) is 2.15. The molecule has 1 saturated heterocycles. The van der Waals surface area contributed by atoms with Crippen LogP contribution in [0, 0.1) is 5.92 Å². The molecule has 1 heterocycles. The van der Waals surface area contributed by atoms with Crippen molar-refractivity contribution in [2.75, 3.05) is 13.7 Å². The maximum atomic E-state index is 11.3. The lowest BCUT2D eigenvalue weighted by molar-refractivity contribution is -0.137. The van der Waals surface area contributed by atoms with Gasteiger partial charge in [-0.1, -0.05) is 6.92 Å². The van der Waals surface area contributed by atoms with E-state index in [1.165, 1.54) is 7.11 Å². The first-order valence-electron chi connectivity index (χ1n) is 4.24. The van der Waals surface area contributed by atoms with Crippen LogP contribution in [-0.2, 0) is 14.4 Å². The second-order valence-electron chi connectivity index (χ2n) is 2.88. The molecule has 1 rings (SSSR count). The molecule has 0 aromatic carbocycles. The Morgan fingerprint density at radius 1 is 1.75 bits per heavy atom. The highest BCUT2D eigenvalue weighted by Crippen LogP contribution is 2.23. The molecule has 0 aromatic rings. The van der Waals surface area contributed by atoms with Gasteiger partial charge < -0.3 is 4.74 Å². The molecular weight excluding hydrogens is 158 g/mol. The van der Waals surface area contributed by atoms with Crippen LogP contribution >= 0.6 is 0 Å². The Balaban J connectivity index is 2.43. The molecule has 0 bridgehead atoms. The molecule has 1 N–H and O–H groups in total. The second-order valence-corrected chi connectivity index (χ2v) is 2.88. The molecule has 2 atom stereocenters. The minimum Gasteiger partial charge on any atom is -0.377 e. The molecule has 1 aliphatic heterocycles. The summed E-state index contributed by atoms with van der Waals surface area (Å²) in [6, 6.07) is 0. The van der Waals surface area contributed by atoms with Crippen LogP contribution in [0.3, 0.4) is 0 Å². The molecule has 0 spiro atoms. The van der Waals surface area contributed by atoms with Crippen LogP contribution in [0.5, 0.6) is 0 Å². The number of hydrogen-bond donors (Lipinski definition) is 1. The maximum Gasteiger partial charge on any atom is 0.249 e. The Labute approximate surface area is 72.2 Å². The average molecular weight is 173 g/mol. The van der Waals surface area contributed by atoms with Crippen LogP contribution in [0.4, 0.5) is 0 Å². The van der Waals surface area contributed by atoms with Crippen molar-refractivity contribution in [2.45, 2.75) is 25.9 Å². The molecule has 0 aromatic heterocycles. The third kappa shape index (κ3) is 1.95. The van der Waals surface area contributed by atoms with E-state index < -0.39 is 0 Å². The zero-order chi connectivity index (χ0) is 8.97. The Hall–Kier alpha value is -0.610. The number of carbonyl (C=O) groups excluding carboxylic acids is 1. The fraction of sp³-hybridized carbons (Fsp3) is 0.875. The standard InChI is InChI=1S/C8H15NO3/c1-3-7-6(4-5-12-7)8(10)9-11-2/h6-7H,3-5H2,1-2H3,(H,9,10). The first kappa shape index (κ1) is 9.48. The fourth-order valence-corrected chi connectivity index (χ4v) is 1.53. The lowest BCUT2D eigenvalue weighted by atomic mass is 9.99. The molecule has 0 aliphatic carbocycles. The van der Waals surface area contributed by atoms with Gasteiger partial charge in [0.05, 0.1) is 19.1 Å². The van der Waals surface area contributed by atoms with Crippen LogP contribution in [0.2, 0.25) is 0 Å². The first-order valence-corrected chi connectivity index (χ1v) is 4.24. The molecule has 12 heavy (non-hydrogen) atoms. The molecule has 4 heteroatoms. The van der Waals surface area contributed by atoms with E-state index in [9.17, 15) is 4.79 Å². The summed E-state index contributed by atoms with van der Waals surface area (Å²) < 4.78 is 5.37. The van der Waals surface area contributed by atoms with E-state index in [1.807, 2.05) is 6.92 Å². The van der Waals surface area contributed by atoms with Gasteiger partial charge in [-0.25, -0.2) is 5.48 Å². The molecule has 2 unspecified atom stereocenters. The number of rotatable bonds is 3. The van der Waals surface area contributed by atoms with Gasteiger partial charge in [0.15, 0.2) is 0 Å². The summed E-state index contributed by atoms with van der Waals surface area (Å²) in [5, 5.41) is 0. The van der Waals surface area contributed by atoms with E-state index in [1.54, 1.807) is 0 Å². The average Bonchev–Trinajstić information content (AvgIpc) is 2.51. The van der Waals surface area contributed by atoms with Gasteiger partial charge in [-0.3, -0.25) is 9.63 Å². The Morgan fingerprint density at radius 2 is 2.50 bits per heavy atom. The summed E-state index contributed by atoms with van der Waals surface area (Å²) in [5.74, 6) is -0.100. The van der Waals surface area contributed by atoms with Crippen LogP contribution in [0.25, 0.3) is 0 Å². The molecule has 70 valence electrons. The second kappa shape index (κ2) is 4.42. The van der Waals surface area contributed by atoms with Crippen LogP contribution in [0.15, 0.2) is 0 Å². The van der Waals surface area contributed by atoms with Crippen molar-refractivity contribution in [2.24, 2.45) is 5.92 Å². The highest BCUT2D eigenvalue weighted by Gasteiger charge is 2.32. The molecule has 1 aliphatic rings. The topological polar surface area (TPSA) is 47.6 Å². The number of hydrogen-bond acceptors (Lipinski definition) is 3. The molecule has 0 saturated carbocycles. The number of hydroxylamine groups is 1. The van der Waals surface area contributed by atoms with Gasteiger partial charge >= 0.3 is 0 Å². The predicted molar refractivity (Wildman–Crippen MR) is 43.3 cm³/mol. The zero-order valence-corrected chi connectivity index (χ0v) is 7.50. The van der Waals surface area contributed by atoms with Crippen molar-refractivity contribution >= 4 is 5.91 Å². The van der Waals surface area contributed by atoms with Crippen LogP contribution < -0.4 is 5.48 Å². The van der Waals surface area contributed by atoms with E-state index in [0.717, 1.165) is 12.8 Å². The largest absolute Gasteiger partial charge is 0.377 e. The van der Waals surface area contributed by atoms with Crippen LogP contribution in [-0.4, -0.2) is 25.7 Å². The molecule has 4 nitrogen and oxygen atoms in total. The quantitative estimate of drug-likeness (QED) is 0.631. The first-order chi connectivity index (χ1) is 5.79. The van der Waals surface area contributed by atoms with Gasteiger partial charge in [0.25, 0.3) is 0 Å². The Morgan fingerprint density at radius 3 is 3.08 bits per heavy atom. The number of ether oxygens (including phenoxy) is 1. The zero-order valence-electron chi connectivity index (χ0n) is 7.50. The van der Waals surface area contributed by atoms with E-state index in [2.05, 4.69) is 10.3 Å². The van der Waals surface area contributed by atoms with Gasteiger partial charge in [0, 0.05) is 6.61 Å². The number of amides is 1. The van der Waals surface area contributed by atoms with Gasteiger partial charge in [-0.05, 0) is 12.8 Å².